The van der Waals surface area contributed by atoms with Crippen molar-refractivity contribution in [3.05, 3.63) is 52.0 Å². The fraction of sp³-hybridized carbons (Fsp3) is 0.312. The van der Waals surface area contributed by atoms with E-state index in [-0.39, 0.29) is 24.9 Å². The Kier molecular flexibility index (Phi) is 5.91. The zero-order valence-electron chi connectivity index (χ0n) is 12.2. The van der Waals surface area contributed by atoms with Gasteiger partial charge in [0.2, 0.25) is 5.91 Å². The topological polar surface area (TPSA) is 58.6 Å². The summed E-state index contributed by atoms with van der Waals surface area (Å²) < 4.78 is 18.0. The smallest absolute Gasteiger partial charge is 0.225 e. The van der Waals surface area contributed by atoms with Gasteiger partial charge in [-0.3, -0.25) is 4.79 Å². The van der Waals surface area contributed by atoms with Gasteiger partial charge in [-0.2, -0.15) is 0 Å². The van der Waals surface area contributed by atoms with Crippen LogP contribution in [0.2, 0.25) is 0 Å². The molecule has 1 aromatic heterocycles. The summed E-state index contributed by atoms with van der Waals surface area (Å²) in [6.45, 7) is 2.14. The number of carbonyl (C=O) groups is 1. The molecule has 6 heteroatoms. The van der Waals surface area contributed by atoms with Gasteiger partial charge in [0.15, 0.2) is 0 Å². The number of aryl methyl sites for hydroxylation is 1. The van der Waals surface area contributed by atoms with Crippen molar-refractivity contribution in [3.8, 4) is 5.75 Å². The minimum absolute atomic E-state index is 0.0318. The normalized spacial score (nSPS) is 12.0. The van der Waals surface area contributed by atoms with E-state index in [4.69, 9.17) is 4.74 Å². The van der Waals surface area contributed by atoms with Crippen LogP contribution in [0.5, 0.6) is 5.75 Å². The first-order valence-electron chi connectivity index (χ1n) is 6.91. The SMILES string of the molecule is Cc1ccc(CC(=O)NCC(O)COc2ccc(F)cc2)s1. The number of aliphatic hydroxyl groups excluding tert-OH is 1. The molecule has 1 amide bonds. The second kappa shape index (κ2) is 7.91. The first-order valence-corrected chi connectivity index (χ1v) is 7.73. The highest BCUT2D eigenvalue weighted by Crippen LogP contribution is 2.15. The molecule has 0 radical (unpaired) electrons. The molecule has 0 aliphatic rings. The van der Waals surface area contributed by atoms with Gasteiger partial charge >= 0.3 is 0 Å². The second-order valence-corrected chi connectivity index (χ2v) is 6.28. The van der Waals surface area contributed by atoms with Gasteiger partial charge in [0, 0.05) is 16.3 Å². The van der Waals surface area contributed by atoms with Crippen molar-refractivity contribution in [1.29, 1.82) is 0 Å². The molecule has 0 bridgehead atoms. The molecule has 0 spiro atoms. The Morgan fingerprint density at radius 2 is 2.05 bits per heavy atom. The van der Waals surface area contributed by atoms with E-state index >= 15 is 0 Å². The zero-order valence-corrected chi connectivity index (χ0v) is 13.0. The summed E-state index contributed by atoms with van der Waals surface area (Å²) >= 11 is 1.58. The van der Waals surface area contributed by atoms with Crippen molar-refractivity contribution < 1.29 is 19.0 Å². The number of nitrogens with one attached hydrogen (secondary N) is 1. The average molecular weight is 323 g/mol. The molecule has 0 fully saturated rings. The lowest BCUT2D eigenvalue weighted by Gasteiger charge is -2.13. The Morgan fingerprint density at radius 1 is 1.32 bits per heavy atom. The van der Waals surface area contributed by atoms with Gasteiger partial charge in [-0.05, 0) is 43.3 Å². The van der Waals surface area contributed by atoms with E-state index in [9.17, 15) is 14.3 Å². The highest BCUT2D eigenvalue weighted by molar-refractivity contribution is 7.12. The van der Waals surface area contributed by atoms with Crippen LogP contribution in [-0.4, -0.2) is 30.3 Å². The average Bonchev–Trinajstić information content (AvgIpc) is 2.89. The van der Waals surface area contributed by atoms with E-state index in [1.807, 2.05) is 19.1 Å². The molecule has 118 valence electrons. The molecule has 1 unspecified atom stereocenters. The number of ether oxygens (including phenoxy) is 1. The fourth-order valence-corrected chi connectivity index (χ4v) is 2.70. The van der Waals surface area contributed by atoms with Gasteiger partial charge in [0.25, 0.3) is 0 Å². The third kappa shape index (κ3) is 5.46. The Labute approximate surface area is 132 Å². The monoisotopic (exact) mass is 323 g/mol. The minimum Gasteiger partial charge on any atom is -0.491 e. The molecule has 1 heterocycles. The summed E-state index contributed by atoms with van der Waals surface area (Å²) in [7, 11) is 0. The number of hydrogen-bond acceptors (Lipinski definition) is 4. The highest BCUT2D eigenvalue weighted by Gasteiger charge is 2.09. The maximum Gasteiger partial charge on any atom is 0.225 e. The van der Waals surface area contributed by atoms with Crippen molar-refractivity contribution in [2.45, 2.75) is 19.4 Å². The number of halogens is 1. The van der Waals surface area contributed by atoms with Crippen LogP contribution in [0, 0.1) is 12.7 Å². The summed E-state index contributed by atoms with van der Waals surface area (Å²) in [5.74, 6) is -0.00695. The molecular weight excluding hydrogens is 305 g/mol. The first-order chi connectivity index (χ1) is 10.5. The number of aliphatic hydroxyl groups is 1. The molecule has 2 rings (SSSR count). The van der Waals surface area contributed by atoms with E-state index in [2.05, 4.69) is 5.32 Å². The molecule has 0 saturated carbocycles. The molecule has 2 aromatic rings. The van der Waals surface area contributed by atoms with Crippen LogP contribution >= 0.6 is 11.3 Å². The summed E-state index contributed by atoms with van der Waals surface area (Å²) in [6.07, 6.45) is -0.511. The summed E-state index contributed by atoms with van der Waals surface area (Å²) in [5.41, 5.74) is 0. The predicted molar refractivity (Wildman–Crippen MR) is 83.7 cm³/mol. The van der Waals surface area contributed by atoms with Gasteiger partial charge < -0.3 is 15.2 Å². The molecule has 0 aliphatic carbocycles. The Bertz CT molecular complexity index is 612. The van der Waals surface area contributed by atoms with Crippen molar-refractivity contribution in [2.75, 3.05) is 13.2 Å². The van der Waals surface area contributed by atoms with E-state index in [0.29, 0.717) is 12.2 Å². The molecule has 1 aromatic carbocycles. The third-order valence-corrected chi connectivity index (χ3v) is 3.92. The Hall–Kier alpha value is -1.92. The van der Waals surface area contributed by atoms with Crippen molar-refractivity contribution in [3.63, 3.8) is 0 Å². The van der Waals surface area contributed by atoms with E-state index in [1.54, 1.807) is 11.3 Å². The lowest BCUT2D eigenvalue weighted by atomic mass is 10.3. The highest BCUT2D eigenvalue weighted by atomic mass is 32.1. The van der Waals surface area contributed by atoms with E-state index in [0.717, 1.165) is 9.75 Å². The number of hydrogen-bond donors (Lipinski definition) is 2. The van der Waals surface area contributed by atoms with E-state index in [1.165, 1.54) is 24.3 Å². The maximum absolute atomic E-state index is 12.7. The summed E-state index contributed by atoms with van der Waals surface area (Å²) in [6, 6.07) is 9.44. The number of thiophene rings is 1. The van der Waals surface area contributed by atoms with Crippen molar-refractivity contribution >= 4 is 17.2 Å². The van der Waals surface area contributed by atoms with Crippen LogP contribution in [0.15, 0.2) is 36.4 Å². The van der Waals surface area contributed by atoms with Gasteiger partial charge in [-0.25, -0.2) is 4.39 Å². The molecular formula is C16H18FNO3S. The Balaban J connectivity index is 1.67. The molecule has 0 aliphatic heterocycles. The molecule has 1 atom stereocenters. The standard InChI is InChI=1S/C16H18FNO3S/c1-11-2-7-15(22-11)8-16(20)18-9-13(19)10-21-14-5-3-12(17)4-6-14/h2-7,13,19H,8-10H2,1H3,(H,18,20). The molecule has 4 nitrogen and oxygen atoms in total. The van der Waals surface area contributed by atoms with Gasteiger partial charge in [0.1, 0.15) is 24.3 Å². The number of carbonyl (C=O) groups excluding carboxylic acids is 1. The van der Waals surface area contributed by atoms with Gasteiger partial charge in [-0.15, -0.1) is 11.3 Å². The third-order valence-electron chi connectivity index (χ3n) is 2.92. The van der Waals surface area contributed by atoms with E-state index < -0.39 is 6.10 Å². The largest absolute Gasteiger partial charge is 0.491 e. The first kappa shape index (κ1) is 16.5. The van der Waals surface area contributed by atoms with Gasteiger partial charge in [-0.1, -0.05) is 0 Å². The van der Waals surface area contributed by atoms with Crippen LogP contribution in [0.25, 0.3) is 0 Å². The molecule has 0 saturated heterocycles. The number of benzene rings is 1. The maximum atomic E-state index is 12.7. The lowest BCUT2D eigenvalue weighted by molar-refractivity contribution is -0.120. The predicted octanol–water partition coefficient (Wildman–Crippen LogP) is 2.29. The molecule has 2 N–H and O–H groups in total. The van der Waals surface area contributed by atoms with Crippen LogP contribution < -0.4 is 10.1 Å². The van der Waals surface area contributed by atoms with Crippen LogP contribution in [0.3, 0.4) is 0 Å². The lowest BCUT2D eigenvalue weighted by Crippen LogP contribution is -2.35. The van der Waals surface area contributed by atoms with Crippen LogP contribution in [0.4, 0.5) is 4.39 Å². The Morgan fingerprint density at radius 3 is 2.68 bits per heavy atom. The fourth-order valence-electron chi connectivity index (χ4n) is 1.81. The summed E-state index contributed by atoms with van der Waals surface area (Å²) in [4.78, 5) is 13.9. The minimum atomic E-state index is -0.820. The number of amides is 1. The van der Waals surface area contributed by atoms with Gasteiger partial charge in [0.05, 0.1) is 6.42 Å². The quantitative estimate of drug-likeness (QED) is 0.822. The van der Waals surface area contributed by atoms with Crippen molar-refractivity contribution in [1.82, 2.24) is 5.32 Å². The second-order valence-electron chi connectivity index (χ2n) is 4.91. The summed E-state index contributed by atoms with van der Waals surface area (Å²) in [5, 5.41) is 12.4. The van der Waals surface area contributed by atoms with Crippen molar-refractivity contribution in [2.24, 2.45) is 0 Å². The van der Waals surface area contributed by atoms with Crippen LogP contribution in [0.1, 0.15) is 9.75 Å². The molecule has 22 heavy (non-hydrogen) atoms. The number of rotatable bonds is 7. The van der Waals surface area contributed by atoms with Crippen LogP contribution in [-0.2, 0) is 11.2 Å². The zero-order chi connectivity index (χ0) is 15.9.